The lowest BCUT2D eigenvalue weighted by atomic mass is 9.97. The van der Waals surface area contributed by atoms with Crippen LogP contribution < -0.4 is 11.1 Å². The summed E-state index contributed by atoms with van der Waals surface area (Å²) in [5.74, 6) is -0.245. The maximum Gasteiger partial charge on any atom is 0.234 e. The van der Waals surface area contributed by atoms with E-state index < -0.39 is 0 Å². The molecule has 1 aliphatic rings. The molecule has 3 nitrogen and oxygen atoms in total. The molecule has 1 amide bonds. The van der Waals surface area contributed by atoms with Gasteiger partial charge in [-0.05, 0) is 37.2 Å². The van der Waals surface area contributed by atoms with Gasteiger partial charge in [0.2, 0.25) is 5.91 Å². The van der Waals surface area contributed by atoms with E-state index in [4.69, 9.17) is 5.73 Å². The lowest BCUT2D eigenvalue weighted by molar-refractivity contribution is -0.120. The van der Waals surface area contributed by atoms with Crippen LogP contribution >= 0.6 is 12.4 Å². The van der Waals surface area contributed by atoms with Crippen LogP contribution in [0, 0.1) is 5.41 Å². The fraction of sp³-hybridized carbons (Fsp3) is 0.533. The number of hydrogen-bond donors (Lipinski definition) is 2. The molecule has 106 valence electrons. The van der Waals surface area contributed by atoms with E-state index in [9.17, 15) is 4.79 Å². The number of benzene rings is 1. The molecule has 0 aromatic heterocycles. The van der Waals surface area contributed by atoms with E-state index in [2.05, 4.69) is 31.3 Å². The molecule has 3 N–H and O–H groups in total. The van der Waals surface area contributed by atoms with Gasteiger partial charge in [0, 0.05) is 6.04 Å². The summed E-state index contributed by atoms with van der Waals surface area (Å²) in [5.41, 5.74) is 7.00. The van der Waals surface area contributed by atoms with Crippen LogP contribution in [0.5, 0.6) is 0 Å². The number of nitrogens with two attached hydrogens (primary N) is 1. The average molecular weight is 283 g/mol. The Balaban J connectivity index is 0.00000180. The Morgan fingerprint density at radius 1 is 1.37 bits per heavy atom. The van der Waals surface area contributed by atoms with E-state index in [1.807, 2.05) is 18.2 Å². The highest BCUT2D eigenvalue weighted by Gasteiger charge is 2.40. The van der Waals surface area contributed by atoms with E-state index in [0.29, 0.717) is 5.41 Å². The number of halogens is 1. The third-order valence-corrected chi connectivity index (χ3v) is 3.89. The molecule has 1 saturated carbocycles. The van der Waals surface area contributed by atoms with Crippen molar-refractivity contribution in [1.82, 2.24) is 5.32 Å². The zero-order valence-electron chi connectivity index (χ0n) is 11.6. The Labute approximate surface area is 121 Å². The van der Waals surface area contributed by atoms with Gasteiger partial charge in [-0.2, -0.15) is 0 Å². The Bertz CT molecular complexity index is 417. The summed E-state index contributed by atoms with van der Waals surface area (Å²) in [4.78, 5) is 11.5. The van der Waals surface area contributed by atoms with E-state index in [1.165, 1.54) is 18.4 Å². The van der Waals surface area contributed by atoms with E-state index in [-0.39, 0.29) is 30.4 Å². The predicted molar refractivity (Wildman–Crippen MR) is 80.2 cm³/mol. The molecule has 4 heteroatoms. The lowest BCUT2D eigenvalue weighted by Crippen LogP contribution is -2.43. The molecule has 19 heavy (non-hydrogen) atoms. The highest BCUT2D eigenvalue weighted by atomic mass is 35.5. The highest BCUT2D eigenvalue weighted by molar-refractivity contribution is 5.85. The lowest BCUT2D eigenvalue weighted by Gasteiger charge is -2.23. The summed E-state index contributed by atoms with van der Waals surface area (Å²) < 4.78 is 0. The number of rotatable bonds is 6. The monoisotopic (exact) mass is 282 g/mol. The van der Waals surface area contributed by atoms with Crippen LogP contribution in [0.4, 0.5) is 0 Å². The van der Waals surface area contributed by atoms with Crippen LogP contribution in [-0.2, 0) is 4.79 Å². The molecule has 1 fully saturated rings. The maximum absolute atomic E-state index is 11.5. The third-order valence-electron chi connectivity index (χ3n) is 3.89. The zero-order chi connectivity index (χ0) is 13.2. The van der Waals surface area contributed by atoms with Gasteiger partial charge in [0.15, 0.2) is 0 Å². The van der Waals surface area contributed by atoms with Crippen molar-refractivity contribution in [3.8, 4) is 0 Å². The molecule has 0 heterocycles. The molecule has 0 radical (unpaired) electrons. The molecular formula is C15H23ClN2O. The quantitative estimate of drug-likeness (QED) is 0.843. The normalized spacial score (nSPS) is 19.1. The van der Waals surface area contributed by atoms with Crippen molar-refractivity contribution in [2.24, 2.45) is 11.1 Å². The molecule has 1 aromatic rings. The van der Waals surface area contributed by atoms with Crippen molar-refractivity contribution in [3.05, 3.63) is 35.9 Å². The van der Waals surface area contributed by atoms with Crippen molar-refractivity contribution in [2.45, 2.75) is 45.2 Å². The van der Waals surface area contributed by atoms with Gasteiger partial charge in [0.05, 0.1) is 6.04 Å². The van der Waals surface area contributed by atoms with Crippen molar-refractivity contribution < 1.29 is 4.79 Å². The molecule has 0 saturated heterocycles. The molecule has 0 aliphatic heterocycles. The van der Waals surface area contributed by atoms with Gasteiger partial charge in [-0.15, -0.1) is 12.4 Å². The summed E-state index contributed by atoms with van der Waals surface area (Å²) >= 11 is 0. The first-order valence-electron chi connectivity index (χ1n) is 6.60. The van der Waals surface area contributed by atoms with Gasteiger partial charge >= 0.3 is 0 Å². The van der Waals surface area contributed by atoms with Crippen LogP contribution in [0.25, 0.3) is 0 Å². The minimum Gasteiger partial charge on any atom is -0.368 e. The minimum absolute atomic E-state index is 0. The SMILES string of the molecule is C[C@@H](NC(CC1(C)CC1)C(N)=O)c1ccccc1.Cl. The van der Waals surface area contributed by atoms with Crippen molar-refractivity contribution in [3.63, 3.8) is 0 Å². The second kappa shape index (κ2) is 6.40. The summed E-state index contributed by atoms with van der Waals surface area (Å²) in [6.45, 7) is 4.29. The molecular weight excluding hydrogens is 260 g/mol. The standard InChI is InChI=1S/C15H22N2O.ClH/c1-11(12-6-4-3-5-7-12)17-13(14(16)18)10-15(2)8-9-15;/h3-7,11,13,17H,8-10H2,1-2H3,(H2,16,18);1H/t11-,13?;/m1./s1. The second-order valence-electron chi connectivity index (χ2n) is 5.77. The van der Waals surface area contributed by atoms with E-state index in [0.717, 1.165) is 6.42 Å². The average Bonchev–Trinajstić information content (AvgIpc) is 3.07. The number of nitrogens with one attached hydrogen (secondary N) is 1. The van der Waals surface area contributed by atoms with Gasteiger partial charge in [-0.25, -0.2) is 0 Å². The maximum atomic E-state index is 11.5. The van der Waals surface area contributed by atoms with Gasteiger partial charge in [-0.3, -0.25) is 10.1 Å². The van der Waals surface area contributed by atoms with Gasteiger partial charge in [0.25, 0.3) is 0 Å². The van der Waals surface area contributed by atoms with Gasteiger partial charge in [-0.1, -0.05) is 37.3 Å². The third kappa shape index (κ3) is 4.51. The van der Waals surface area contributed by atoms with Crippen LogP contribution in [0.3, 0.4) is 0 Å². The minimum atomic E-state index is -0.245. The molecule has 1 unspecified atom stereocenters. The number of hydrogen-bond acceptors (Lipinski definition) is 2. The molecule has 0 spiro atoms. The van der Waals surface area contributed by atoms with Crippen LogP contribution in [-0.4, -0.2) is 11.9 Å². The summed E-state index contributed by atoms with van der Waals surface area (Å²) in [7, 11) is 0. The Kier molecular flexibility index (Phi) is 5.39. The van der Waals surface area contributed by atoms with Crippen molar-refractivity contribution in [2.75, 3.05) is 0 Å². The van der Waals surface area contributed by atoms with Crippen molar-refractivity contribution in [1.29, 1.82) is 0 Å². The molecule has 1 aromatic carbocycles. The first-order valence-corrected chi connectivity index (χ1v) is 6.60. The predicted octanol–water partition coefficient (Wildman–Crippen LogP) is 2.80. The highest BCUT2D eigenvalue weighted by Crippen LogP contribution is 2.48. The largest absolute Gasteiger partial charge is 0.368 e. The Morgan fingerprint density at radius 3 is 2.42 bits per heavy atom. The van der Waals surface area contributed by atoms with Crippen LogP contribution in [0.1, 0.15) is 44.7 Å². The topological polar surface area (TPSA) is 55.1 Å². The molecule has 2 rings (SSSR count). The number of carbonyl (C=O) groups is 1. The first kappa shape index (κ1) is 16.0. The number of carbonyl (C=O) groups excluding carboxylic acids is 1. The molecule has 2 atom stereocenters. The van der Waals surface area contributed by atoms with Gasteiger partial charge in [0.1, 0.15) is 0 Å². The van der Waals surface area contributed by atoms with E-state index in [1.54, 1.807) is 0 Å². The number of primary amides is 1. The second-order valence-corrected chi connectivity index (χ2v) is 5.77. The van der Waals surface area contributed by atoms with Crippen LogP contribution in [0.2, 0.25) is 0 Å². The number of amides is 1. The Hall–Kier alpha value is -1.06. The van der Waals surface area contributed by atoms with Crippen LogP contribution in [0.15, 0.2) is 30.3 Å². The smallest absolute Gasteiger partial charge is 0.234 e. The van der Waals surface area contributed by atoms with Crippen molar-refractivity contribution >= 4 is 18.3 Å². The molecule has 0 bridgehead atoms. The Morgan fingerprint density at radius 2 is 1.95 bits per heavy atom. The summed E-state index contributed by atoms with van der Waals surface area (Å²) in [5, 5.41) is 3.35. The summed E-state index contributed by atoms with van der Waals surface area (Å²) in [6, 6.07) is 10.1. The van der Waals surface area contributed by atoms with Gasteiger partial charge < -0.3 is 5.73 Å². The fourth-order valence-electron chi connectivity index (χ4n) is 2.29. The molecule has 1 aliphatic carbocycles. The van der Waals surface area contributed by atoms with E-state index >= 15 is 0 Å². The summed E-state index contributed by atoms with van der Waals surface area (Å²) in [6.07, 6.45) is 3.26. The zero-order valence-corrected chi connectivity index (χ0v) is 12.4. The first-order chi connectivity index (χ1) is 8.50. The fourth-order valence-corrected chi connectivity index (χ4v) is 2.29.